The number of nitrogens with one attached hydrogen (secondary N) is 1. The summed E-state index contributed by atoms with van der Waals surface area (Å²) in [6.45, 7) is 5.76. The smallest absolute Gasteiger partial charge is 0.221 e. The molecule has 0 fully saturated rings. The van der Waals surface area contributed by atoms with E-state index in [1.54, 1.807) is 18.8 Å². The molecule has 0 saturated carbocycles. The van der Waals surface area contributed by atoms with Crippen LogP contribution in [0.3, 0.4) is 0 Å². The quantitative estimate of drug-likeness (QED) is 0.652. The molecule has 0 heterocycles. The lowest BCUT2D eigenvalue weighted by molar-refractivity contribution is -0.120. The van der Waals surface area contributed by atoms with Crippen LogP contribution in [0.5, 0.6) is 0 Å². The van der Waals surface area contributed by atoms with Gasteiger partial charge in [0.15, 0.2) is 0 Å². The lowest BCUT2D eigenvalue weighted by Crippen LogP contribution is -2.22. The highest BCUT2D eigenvalue weighted by Crippen LogP contribution is 2.17. The molecule has 64 valence electrons. The van der Waals surface area contributed by atoms with E-state index in [2.05, 4.69) is 11.9 Å². The van der Waals surface area contributed by atoms with Crippen LogP contribution in [-0.2, 0) is 4.79 Å². The lowest BCUT2D eigenvalue weighted by atomic mass is 10.2. The summed E-state index contributed by atoms with van der Waals surface area (Å²) >= 11 is 1.66. The molecular weight excluding hydrogens is 158 g/mol. The molecule has 1 unspecified atom stereocenters. The second kappa shape index (κ2) is 5.24. The number of thioether (sulfide) groups is 1. The maximum atomic E-state index is 10.9. The number of carbonyl (C=O) groups is 1. The van der Waals surface area contributed by atoms with E-state index in [9.17, 15) is 4.79 Å². The summed E-state index contributed by atoms with van der Waals surface area (Å²) in [5.41, 5.74) is 1.06. The van der Waals surface area contributed by atoms with Crippen molar-refractivity contribution in [2.75, 3.05) is 13.3 Å². The molecule has 0 bridgehead atoms. The van der Waals surface area contributed by atoms with Gasteiger partial charge in [0.1, 0.15) is 0 Å². The molecule has 11 heavy (non-hydrogen) atoms. The fourth-order valence-corrected chi connectivity index (χ4v) is 1.45. The van der Waals surface area contributed by atoms with Crippen molar-refractivity contribution in [3.05, 3.63) is 12.2 Å². The van der Waals surface area contributed by atoms with Crippen LogP contribution < -0.4 is 5.32 Å². The summed E-state index contributed by atoms with van der Waals surface area (Å²) in [7, 11) is 1.65. The van der Waals surface area contributed by atoms with Crippen LogP contribution in [-0.4, -0.2) is 24.5 Å². The van der Waals surface area contributed by atoms with Gasteiger partial charge in [-0.2, -0.15) is 11.8 Å². The van der Waals surface area contributed by atoms with E-state index in [-0.39, 0.29) is 11.2 Å². The lowest BCUT2D eigenvalue weighted by Gasteiger charge is -2.12. The molecule has 3 heteroatoms. The van der Waals surface area contributed by atoms with Crippen LogP contribution in [0.15, 0.2) is 12.2 Å². The molecule has 0 radical (unpaired) electrons. The average Bonchev–Trinajstić information content (AvgIpc) is 1.99. The van der Waals surface area contributed by atoms with Crippen molar-refractivity contribution in [1.29, 1.82) is 0 Å². The van der Waals surface area contributed by atoms with Crippen LogP contribution in [0.25, 0.3) is 0 Å². The molecule has 0 aliphatic rings. The summed E-state index contributed by atoms with van der Waals surface area (Å²) in [6, 6.07) is 0. The third-order valence-electron chi connectivity index (χ3n) is 1.48. The topological polar surface area (TPSA) is 29.1 Å². The van der Waals surface area contributed by atoms with E-state index >= 15 is 0 Å². The molecule has 2 nitrogen and oxygen atoms in total. The summed E-state index contributed by atoms with van der Waals surface area (Å²) in [4.78, 5) is 10.9. The molecule has 0 aliphatic heterocycles. The minimum atomic E-state index is 0.0763. The van der Waals surface area contributed by atoms with Gasteiger partial charge in [-0.15, -0.1) is 0 Å². The Labute approximate surface area is 72.4 Å². The number of amides is 1. The zero-order valence-corrected chi connectivity index (χ0v) is 8.12. The van der Waals surface area contributed by atoms with Gasteiger partial charge in [0.2, 0.25) is 5.91 Å². The number of hydrogen-bond donors (Lipinski definition) is 1. The fourth-order valence-electron chi connectivity index (χ4n) is 0.729. The first-order chi connectivity index (χ1) is 5.11. The van der Waals surface area contributed by atoms with Gasteiger partial charge in [0.05, 0.1) is 0 Å². The van der Waals surface area contributed by atoms with E-state index in [0.29, 0.717) is 6.42 Å². The molecule has 1 N–H and O–H groups in total. The van der Waals surface area contributed by atoms with Crippen LogP contribution >= 0.6 is 11.8 Å². The van der Waals surface area contributed by atoms with E-state index in [0.717, 1.165) is 5.57 Å². The van der Waals surface area contributed by atoms with Gasteiger partial charge in [0.25, 0.3) is 0 Å². The van der Waals surface area contributed by atoms with Gasteiger partial charge < -0.3 is 5.32 Å². The van der Waals surface area contributed by atoms with Crippen molar-refractivity contribution in [3.63, 3.8) is 0 Å². The first kappa shape index (κ1) is 10.6. The first-order valence-corrected chi connectivity index (χ1v) is 4.79. The third-order valence-corrected chi connectivity index (χ3v) is 2.62. The van der Waals surface area contributed by atoms with Gasteiger partial charge in [-0.25, -0.2) is 0 Å². The molecule has 1 atom stereocenters. The summed E-state index contributed by atoms with van der Waals surface area (Å²) < 4.78 is 0. The zero-order chi connectivity index (χ0) is 8.85. The highest BCUT2D eigenvalue weighted by atomic mass is 32.2. The largest absolute Gasteiger partial charge is 0.359 e. The van der Waals surface area contributed by atoms with Crippen LogP contribution in [0, 0.1) is 0 Å². The Balaban J connectivity index is 3.88. The minimum Gasteiger partial charge on any atom is -0.359 e. The highest BCUT2D eigenvalue weighted by Gasteiger charge is 2.11. The Morgan fingerprint density at radius 3 is 2.55 bits per heavy atom. The Hall–Kier alpha value is -0.440. The van der Waals surface area contributed by atoms with Gasteiger partial charge >= 0.3 is 0 Å². The molecule has 0 rings (SSSR count). The van der Waals surface area contributed by atoms with Crippen molar-refractivity contribution in [1.82, 2.24) is 5.32 Å². The molecule has 0 saturated heterocycles. The molecule has 0 aromatic heterocycles. The van der Waals surface area contributed by atoms with Gasteiger partial charge in [-0.05, 0) is 13.2 Å². The summed E-state index contributed by atoms with van der Waals surface area (Å²) in [5.74, 6) is 0.0763. The Morgan fingerprint density at radius 2 is 2.27 bits per heavy atom. The van der Waals surface area contributed by atoms with Crippen LogP contribution in [0.2, 0.25) is 0 Å². The van der Waals surface area contributed by atoms with Gasteiger partial charge in [-0.3, -0.25) is 4.79 Å². The number of carbonyl (C=O) groups excluding carboxylic acids is 1. The fraction of sp³-hybridized carbons (Fsp3) is 0.625. The second-order valence-electron chi connectivity index (χ2n) is 2.45. The monoisotopic (exact) mass is 173 g/mol. The third kappa shape index (κ3) is 4.09. The summed E-state index contributed by atoms with van der Waals surface area (Å²) in [5, 5.41) is 2.85. The van der Waals surface area contributed by atoms with E-state index < -0.39 is 0 Å². The van der Waals surface area contributed by atoms with Crippen molar-refractivity contribution in [2.45, 2.75) is 18.6 Å². The molecule has 0 aliphatic carbocycles. The van der Waals surface area contributed by atoms with Gasteiger partial charge in [-0.1, -0.05) is 12.2 Å². The molecular formula is C8H15NOS. The highest BCUT2D eigenvalue weighted by molar-refractivity contribution is 7.99. The van der Waals surface area contributed by atoms with Crippen molar-refractivity contribution in [3.8, 4) is 0 Å². The normalized spacial score (nSPS) is 12.3. The van der Waals surface area contributed by atoms with Crippen molar-refractivity contribution < 1.29 is 4.79 Å². The van der Waals surface area contributed by atoms with E-state index in [1.165, 1.54) is 0 Å². The Kier molecular flexibility index (Phi) is 5.03. The minimum absolute atomic E-state index is 0.0763. The van der Waals surface area contributed by atoms with Gasteiger partial charge in [0, 0.05) is 18.7 Å². The average molecular weight is 173 g/mol. The van der Waals surface area contributed by atoms with E-state index in [1.807, 2.05) is 13.2 Å². The zero-order valence-electron chi connectivity index (χ0n) is 7.31. The second-order valence-corrected chi connectivity index (χ2v) is 3.49. The standard InChI is InChI=1S/C8H15NOS/c1-6(2)7(11-4)5-8(10)9-3/h7H,1,5H2,2-4H3,(H,9,10). The molecule has 0 spiro atoms. The van der Waals surface area contributed by atoms with E-state index in [4.69, 9.17) is 0 Å². The molecule has 0 aromatic carbocycles. The maximum absolute atomic E-state index is 10.9. The Morgan fingerprint density at radius 1 is 1.73 bits per heavy atom. The molecule has 1 amide bonds. The van der Waals surface area contributed by atoms with Crippen molar-refractivity contribution >= 4 is 17.7 Å². The first-order valence-electron chi connectivity index (χ1n) is 3.50. The van der Waals surface area contributed by atoms with Crippen molar-refractivity contribution in [2.24, 2.45) is 0 Å². The van der Waals surface area contributed by atoms with Crippen LogP contribution in [0.4, 0.5) is 0 Å². The predicted molar refractivity (Wildman–Crippen MR) is 50.8 cm³/mol. The number of rotatable bonds is 4. The SMILES string of the molecule is C=C(C)C(CC(=O)NC)SC. The number of hydrogen-bond acceptors (Lipinski definition) is 2. The summed E-state index contributed by atoms with van der Waals surface area (Å²) in [6.07, 6.45) is 2.52. The Bertz CT molecular complexity index is 156. The molecule has 0 aromatic rings. The maximum Gasteiger partial charge on any atom is 0.221 e. The van der Waals surface area contributed by atoms with Crippen LogP contribution in [0.1, 0.15) is 13.3 Å². The predicted octanol–water partition coefficient (Wildman–Crippen LogP) is 1.43.